The van der Waals surface area contributed by atoms with Crippen LogP contribution in [0.5, 0.6) is 17.2 Å². The standard InChI is InChI=1S/C48H58ClO5P/c1-32-22-38(47(6,7)8)44(53-30-51-28-34-18-14-12-15-19-34)41(24-32)55(40-27-36(49)26-37(43(40)50)46(3,4)5)42-25-33(2)23-39(48(9,10)11)45(42)54-31-52-29-35-20-16-13-17-21-35/h12-27,50H,28-31H2,1-11H3. The fraction of sp³-hybridized carbons (Fsp3) is 0.375. The van der Waals surface area contributed by atoms with E-state index in [1.165, 1.54) is 0 Å². The minimum absolute atomic E-state index is 0.0454. The molecule has 0 amide bonds. The Kier molecular flexibility index (Phi) is 13.5. The number of benzene rings is 5. The molecule has 55 heavy (non-hydrogen) atoms. The van der Waals surface area contributed by atoms with E-state index in [0.717, 1.165) is 66.4 Å². The van der Waals surface area contributed by atoms with Crippen molar-refractivity contribution in [2.45, 2.75) is 106 Å². The molecule has 0 aromatic heterocycles. The van der Waals surface area contributed by atoms with Crippen LogP contribution in [0.2, 0.25) is 5.02 Å². The van der Waals surface area contributed by atoms with E-state index in [2.05, 4.69) is 100 Å². The fourth-order valence-corrected chi connectivity index (χ4v) is 9.76. The number of rotatable bonds is 13. The van der Waals surface area contributed by atoms with Crippen molar-refractivity contribution in [1.29, 1.82) is 0 Å². The van der Waals surface area contributed by atoms with E-state index in [1.54, 1.807) is 0 Å². The molecular formula is C48H58ClO5P. The lowest BCUT2D eigenvalue weighted by Crippen LogP contribution is -2.30. The molecule has 5 aromatic carbocycles. The first kappa shape index (κ1) is 42.3. The SMILES string of the molecule is Cc1cc(P(c2cc(Cl)cc(C(C)(C)C)c2O)c2cc(C)cc(C(C)(C)C)c2OCOCc2ccccc2)c(OCOCc2ccccc2)c(C(C)(C)C)c1. The summed E-state index contributed by atoms with van der Waals surface area (Å²) in [5.74, 6) is 1.69. The van der Waals surface area contributed by atoms with Crippen LogP contribution in [-0.4, -0.2) is 18.7 Å². The van der Waals surface area contributed by atoms with Gasteiger partial charge >= 0.3 is 0 Å². The number of phenols is 1. The third kappa shape index (κ3) is 10.7. The molecular weight excluding hydrogens is 723 g/mol. The van der Waals surface area contributed by atoms with Gasteiger partial charge in [-0.2, -0.15) is 0 Å². The van der Waals surface area contributed by atoms with Gasteiger partial charge in [-0.05, 0) is 84.5 Å². The summed E-state index contributed by atoms with van der Waals surface area (Å²) in [5.41, 5.74) is 6.23. The van der Waals surface area contributed by atoms with E-state index in [4.69, 9.17) is 30.5 Å². The van der Waals surface area contributed by atoms with Gasteiger partial charge in [0.25, 0.3) is 0 Å². The van der Waals surface area contributed by atoms with Crippen molar-refractivity contribution >= 4 is 35.4 Å². The van der Waals surface area contributed by atoms with Crippen LogP contribution in [0.4, 0.5) is 0 Å². The van der Waals surface area contributed by atoms with Crippen molar-refractivity contribution in [1.82, 2.24) is 0 Å². The van der Waals surface area contributed by atoms with Crippen LogP contribution >= 0.6 is 19.5 Å². The molecule has 1 N–H and O–H groups in total. The Morgan fingerprint density at radius 3 is 1.31 bits per heavy atom. The molecule has 7 heteroatoms. The number of aromatic hydroxyl groups is 1. The molecule has 0 aliphatic heterocycles. The Morgan fingerprint density at radius 2 is 0.927 bits per heavy atom. The molecule has 0 aliphatic rings. The Hall–Kier alpha value is -3.86. The lowest BCUT2D eigenvalue weighted by atomic mass is 9.85. The summed E-state index contributed by atoms with van der Waals surface area (Å²) in [6.45, 7) is 24.6. The molecule has 0 aliphatic carbocycles. The summed E-state index contributed by atoms with van der Waals surface area (Å²) in [7, 11) is -1.57. The third-order valence-electron chi connectivity index (χ3n) is 9.42. The van der Waals surface area contributed by atoms with Crippen molar-refractivity contribution in [2.24, 2.45) is 0 Å². The average Bonchev–Trinajstić information content (AvgIpc) is 3.10. The Morgan fingerprint density at radius 1 is 0.527 bits per heavy atom. The summed E-state index contributed by atoms with van der Waals surface area (Å²) in [6, 6.07) is 32.8. The monoisotopic (exact) mass is 780 g/mol. The van der Waals surface area contributed by atoms with Crippen LogP contribution < -0.4 is 25.4 Å². The zero-order chi connectivity index (χ0) is 40.1. The summed E-state index contributed by atoms with van der Waals surface area (Å²) < 4.78 is 25.9. The predicted molar refractivity (Wildman–Crippen MR) is 231 cm³/mol. The van der Waals surface area contributed by atoms with E-state index in [1.807, 2.05) is 72.8 Å². The number of phenolic OH excluding ortho intramolecular Hbond substituents is 1. The second kappa shape index (κ2) is 17.5. The smallest absolute Gasteiger partial charge is 0.189 e. The first-order chi connectivity index (χ1) is 25.8. The molecule has 5 rings (SSSR count). The van der Waals surface area contributed by atoms with Crippen molar-refractivity contribution in [2.75, 3.05) is 13.6 Å². The maximum atomic E-state index is 12.4. The van der Waals surface area contributed by atoms with Gasteiger partial charge in [-0.25, -0.2) is 0 Å². The van der Waals surface area contributed by atoms with Crippen LogP contribution in [0, 0.1) is 13.8 Å². The molecule has 0 atom stereocenters. The van der Waals surface area contributed by atoms with Crippen molar-refractivity contribution in [3.8, 4) is 17.2 Å². The van der Waals surface area contributed by atoms with Gasteiger partial charge < -0.3 is 24.1 Å². The molecule has 292 valence electrons. The summed E-state index contributed by atoms with van der Waals surface area (Å²) in [5, 5.41) is 15.6. The minimum atomic E-state index is -1.57. The van der Waals surface area contributed by atoms with E-state index < -0.39 is 7.92 Å². The van der Waals surface area contributed by atoms with E-state index in [-0.39, 0.29) is 35.6 Å². The number of hydrogen-bond acceptors (Lipinski definition) is 5. The lowest BCUT2D eigenvalue weighted by Gasteiger charge is -2.33. The molecule has 0 saturated carbocycles. The third-order valence-corrected chi connectivity index (χ3v) is 12.1. The highest BCUT2D eigenvalue weighted by molar-refractivity contribution is 7.80. The zero-order valence-corrected chi connectivity index (χ0v) is 36.1. The summed E-state index contributed by atoms with van der Waals surface area (Å²) >= 11 is 7.01. The van der Waals surface area contributed by atoms with Crippen LogP contribution in [0.3, 0.4) is 0 Å². The van der Waals surface area contributed by atoms with Gasteiger partial charge in [-0.3, -0.25) is 0 Å². The maximum Gasteiger partial charge on any atom is 0.189 e. The number of aryl methyl sites for hydroxylation is 2. The van der Waals surface area contributed by atoms with Crippen LogP contribution in [-0.2, 0) is 38.9 Å². The van der Waals surface area contributed by atoms with Gasteiger partial charge in [-0.15, -0.1) is 0 Å². The second-order valence-corrected chi connectivity index (χ2v) is 20.0. The Balaban J connectivity index is 1.77. The topological polar surface area (TPSA) is 57.2 Å². The largest absolute Gasteiger partial charge is 0.507 e. The molecule has 0 spiro atoms. The van der Waals surface area contributed by atoms with Gasteiger partial charge in [0.1, 0.15) is 17.2 Å². The van der Waals surface area contributed by atoms with Crippen LogP contribution in [0.15, 0.2) is 97.1 Å². The molecule has 0 heterocycles. The van der Waals surface area contributed by atoms with Gasteiger partial charge in [0.2, 0.25) is 0 Å². The molecule has 0 fully saturated rings. The Labute approximate surface area is 335 Å². The predicted octanol–water partition coefficient (Wildman–Crippen LogP) is 11.4. The first-order valence-corrected chi connectivity index (χ1v) is 20.7. The van der Waals surface area contributed by atoms with E-state index in [0.29, 0.717) is 18.2 Å². The molecule has 0 unspecified atom stereocenters. The van der Waals surface area contributed by atoms with Gasteiger partial charge in [0, 0.05) is 37.6 Å². The lowest BCUT2D eigenvalue weighted by molar-refractivity contribution is 0.00471. The second-order valence-electron chi connectivity index (χ2n) is 17.4. The molecule has 0 radical (unpaired) electrons. The number of ether oxygens (including phenoxy) is 4. The quantitative estimate of drug-likeness (QED) is 0.0732. The molecule has 5 aromatic rings. The van der Waals surface area contributed by atoms with Gasteiger partial charge in [0.05, 0.1) is 13.2 Å². The van der Waals surface area contributed by atoms with E-state index >= 15 is 0 Å². The van der Waals surface area contributed by atoms with E-state index in [9.17, 15) is 5.11 Å². The van der Waals surface area contributed by atoms with Crippen LogP contribution in [0.1, 0.15) is 101 Å². The fourth-order valence-electron chi connectivity index (χ4n) is 6.64. The van der Waals surface area contributed by atoms with Gasteiger partial charge in [-0.1, -0.05) is 147 Å². The highest BCUT2D eigenvalue weighted by atomic mass is 35.5. The molecule has 0 bridgehead atoms. The first-order valence-electron chi connectivity index (χ1n) is 19.0. The number of halogens is 1. The van der Waals surface area contributed by atoms with Crippen molar-refractivity contribution < 1.29 is 24.1 Å². The van der Waals surface area contributed by atoms with Crippen molar-refractivity contribution in [3.63, 3.8) is 0 Å². The normalized spacial score (nSPS) is 12.3. The Bertz CT molecular complexity index is 1940. The summed E-state index contributed by atoms with van der Waals surface area (Å²) in [4.78, 5) is 0. The summed E-state index contributed by atoms with van der Waals surface area (Å²) in [6.07, 6.45) is 0. The zero-order valence-electron chi connectivity index (χ0n) is 34.5. The molecule has 0 saturated heterocycles. The highest BCUT2D eigenvalue weighted by Gasteiger charge is 2.35. The number of hydrogen-bond donors (Lipinski definition) is 1. The highest BCUT2D eigenvalue weighted by Crippen LogP contribution is 2.49. The van der Waals surface area contributed by atoms with Crippen LogP contribution in [0.25, 0.3) is 0 Å². The molecule has 5 nitrogen and oxygen atoms in total. The van der Waals surface area contributed by atoms with Crippen molar-refractivity contribution in [3.05, 3.63) is 141 Å². The average molecular weight is 781 g/mol. The minimum Gasteiger partial charge on any atom is -0.507 e. The van der Waals surface area contributed by atoms with Gasteiger partial charge in [0.15, 0.2) is 13.6 Å². The maximum absolute atomic E-state index is 12.4.